The van der Waals surface area contributed by atoms with Crippen LogP contribution in [0.5, 0.6) is 5.75 Å². The molecule has 128 valence electrons. The minimum atomic E-state index is -0.137. The maximum atomic E-state index is 12.3. The molecule has 1 amide bonds. The van der Waals surface area contributed by atoms with Crippen LogP contribution in [0.3, 0.4) is 0 Å². The fraction of sp³-hybridized carbons (Fsp3) is 0.200. The smallest absolute Gasteiger partial charge is 0.255 e. The molecule has 3 aromatic rings. The predicted octanol–water partition coefficient (Wildman–Crippen LogP) is 5.24. The molecule has 1 heterocycles. The van der Waals surface area contributed by atoms with Crippen molar-refractivity contribution >= 4 is 22.9 Å². The Labute approximate surface area is 151 Å². The quantitative estimate of drug-likeness (QED) is 0.592. The maximum Gasteiger partial charge on any atom is 0.255 e. The fourth-order valence-corrected chi connectivity index (χ4v) is 2.95. The second-order valence-electron chi connectivity index (χ2n) is 5.60. The number of carbonyl (C=O) groups is 1. The van der Waals surface area contributed by atoms with Crippen LogP contribution in [0.15, 0.2) is 60.1 Å². The van der Waals surface area contributed by atoms with Crippen LogP contribution in [0, 0.1) is 0 Å². The Hall–Kier alpha value is -2.66. The zero-order chi connectivity index (χ0) is 17.5. The number of carbonyl (C=O) groups excluding carboxylic acids is 1. The number of hydrogen-bond donors (Lipinski definition) is 1. The van der Waals surface area contributed by atoms with Crippen LogP contribution in [0.2, 0.25) is 0 Å². The lowest BCUT2D eigenvalue weighted by Gasteiger charge is -2.08. The highest BCUT2D eigenvalue weighted by molar-refractivity contribution is 7.13. The molecule has 25 heavy (non-hydrogen) atoms. The summed E-state index contributed by atoms with van der Waals surface area (Å²) in [6, 6.07) is 14.9. The third-order valence-electron chi connectivity index (χ3n) is 3.71. The number of rotatable bonds is 7. The second kappa shape index (κ2) is 8.44. The van der Waals surface area contributed by atoms with E-state index in [0.29, 0.717) is 12.2 Å². The highest BCUT2D eigenvalue weighted by Gasteiger charge is 2.07. The first-order valence-electron chi connectivity index (χ1n) is 8.30. The first kappa shape index (κ1) is 17.2. The molecule has 1 aromatic heterocycles. The van der Waals surface area contributed by atoms with Crippen LogP contribution in [0.4, 0.5) is 5.69 Å². The first-order chi connectivity index (χ1) is 12.3. The number of hydrogen-bond acceptors (Lipinski definition) is 4. The Bertz CT molecular complexity index is 797. The lowest BCUT2D eigenvalue weighted by Crippen LogP contribution is -2.11. The zero-order valence-electron chi connectivity index (χ0n) is 14.1. The SMILES string of the molecule is CCCCOc1ccc(C(=O)Nc2ccc(-c3nccs3)cc2)cc1. The van der Waals surface area contributed by atoms with E-state index in [1.807, 2.05) is 41.8 Å². The van der Waals surface area contributed by atoms with E-state index in [2.05, 4.69) is 17.2 Å². The van der Waals surface area contributed by atoms with Gasteiger partial charge in [0.1, 0.15) is 10.8 Å². The molecule has 5 heteroatoms. The van der Waals surface area contributed by atoms with E-state index in [1.54, 1.807) is 29.7 Å². The van der Waals surface area contributed by atoms with E-state index in [0.717, 1.165) is 34.8 Å². The number of ether oxygens (including phenoxy) is 1. The topological polar surface area (TPSA) is 51.2 Å². The van der Waals surface area contributed by atoms with Gasteiger partial charge in [-0.05, 0) is 55.0 Å². The molecule has 1 N–H and O–H groups in total. The van der Waals surface area contributed by atoms with E-state index in [1.165, 1.54) is 0 Å². The number of benzene rings is 2. The van der Waals surface area contributed by atoms with Gasteiger partial charge in [0.2, 0.25) is 0 Å². The van der Waals surface area contributed by atoms with Crippen molar-refractivity contribution in [3.63, 3.8) is 0 Å². The van der Waals surface area contributed by atoms with Gasteiger partial charge in [-0.3, -0.25) is 4.79 Å². The summed E-state index contributed by atoms with van der Waals surface area (Å²) in [7, 11) is 0. The Balaban J connectivity index is 1.60. The van der Waals surface area contributed by atoms with Gasteiger partial charge in [-0.2, -0.15) is 0 Å². The fourth-order valence-electron chi connectivity index (χ4n) is 2.30. The molecule has 0 aliphatic carbocycles. The number of amides is 1. The molecule has 0 saturated heterocycles. The molecular weight excluding hydrogens is 332 g/mol. The molecule has 0 atom stereocenters. The molecule has 0 spiro atoms. The summed E-state index contributed by atoms with van der Waals surface area (Å²) in [4.78, 5) is 16.6. The predicted molar refractivity (Wildman–Crippen MR) is 102 cm³/mol. The molecule has 0 bridgehead atoms. The number of aromatic nitrogens is 1. The Kier molecular flexibility index (Phi) is 5.80. The molecule has 0 radical (unpaired) electrons. The highest BCUT2D eigenvalue weighted by Crippen LogP contribution is 2.23. The van der Waals surface area contributed by atoms with Crippen molar-refractivity contribution in [2.24, 2.45) is 0 Å². The van der Waals surface area contributed by atoms with Gasteiger partial charge >= 0.3 is 0 Å². The summed E-state index contributed by atoms with van der Waals surface area (Å²) in [5.74, 6) is 0.653. The van der Waals surface area contributed by atoms with Crippen molar-refractivity contribution in [3.8, 4) is 16.3 Å². The normalized spacial score (nSPS) is 10.4. The van der Waals surface area contributed by atoms with Gasteiger partial charge in [-0.15, -0.1) is 11.3 Å². The average molecular weight is 352 g/mol. The standard InChI is InChI=1S/C20H20N2O2S/c1-2-3-13-24-18-10-6-15(7-11-18)19(23)22-17-8-4-16(5-9-17)20-21-12-14-25-20/h4-12,14H,2-3,13H2,1H3,(H,22,23). The second-order valence-corrected chi connectivity index (χ2v) is 6.49. The summed E-state index contributed by atoms with van der Waals surface area (Å²) in [6.45, 7) is 2.83. The monoisotopic (exact) mass is 352 g/mol. The Morgan fingerprint density at radius 3 is 2.52 bits per heavy atom. The van der Waals surface area contributed by atoms with Crippen molar-refractivity contribution in [2.45, 2.75) is 19.8 Å². The van der Waals surface area contributed by atoms with Gasteiger partial charge in [0.25, 0.3) is 5.91 Å². The number of anilines is 1. The lowest BCUT2D eigenvalue weighted by atomic mass is 10.2. The zero-order valence-corrected chi connectivity index (χ0v) is 14.9. The Morgan fingerprint density at radius 2 is 1.88 bits per heavy atom. The molecule has 0 aliphatic rings. The molecule has 0 saturated carbocycles. The van der Waals surface area contributed by atoms with Gasteiger partial charge in [0.05, 0.1) is 6.61 Å². The summed E-state index contributed by atoms with van der Waals surface area (Å²) >= 11 is 1.59. The van der Waals surface area contributed by atoms with Crippen LogP contribution in [-0.2, 0) is 0 Å². The molecule has 2 aromatic carbocycles. The van der Waals surface area contributed by atoms with Gasteiger partial charge in [0, 0.05) is 28.4 Å². The maximum absolute atomic E-state index is 12.3. The van der Waals surface area contributed by atoms with Crippen LogP contribution < -0.4 is 10.1 Å². The van der Waals surface area contributed by atoms with Crippen molar-refractivity contribution in [1.29, 1.82) is 0 Å². The van der Waals surface area contributed by atoms with Gasteiger partial charge < -0.3 is 10.1 Å². The van der Waals surface area contributed by atoms with Gasteiger partial charge in [-0.25, -0.2) is 4.98 Å². The highest BCUT2D eigenvalue weighted by atomic mass is 32.1. The van der Waals surface area contributed by atoms with E-state index < -0.39 is 0 Å². The van der Waals surface area contributed by atoms with Crippen LogP contribution in [-0.4, -0.2) is 17.5 Å². The van der Waals surface area contributed by atoms with E-state index in [-0.39, 0.29) is 5.91 Å². The Morgan fingerprint density at radius 1 is 1.12 bits per heavy atom. The minimum absolute atomic E-state index is 0.137. The molecule has 3 rings (SSSR count). The summed E-state index contributed by atoms with van der Waals surface area (Å²) in [6.07, 6.45) is 3.91. The summed E-state index contributed by atoms with van der Waals surface area (Å²) < 4.78 is 5.61. The van der Waals surface area contributed by atoms with Crippen molar-refractivity contribution in [3.05, 3.63) is 65.7 Å². The number of thiazole rings is 1. The lowest BCUT2D eigenvalue weighted by molar-refractivity contribution is 0.102. The molecule has 4 nitrogen and oxygen atoms in total. The molecule has 0 fully saturated rings. The molecular formula is C20H20N2O2S. The van der Waals surface area contributed by atoms with E-state index >= 15 is 0 Å². The first-order valence-corrected chi connectivity index (χ1v) is 9.18. The largest absolute Gasteiger partial charge is 0.494 e. The summed E-state index contributed by atoms with van der Waals surface area (Å²) in [5.41, 5.74) is 2.40. The number of unbranched alkanes of at least 4 members (excludes halogenated alkanes) is 1. The minimum Gasteiger partial charge on any atom is -0.494 e. The van der Waals surface area contributed by atoms with Gasteiger partial charge in [0.15, 0.2) is 0 Å². The van der Waals surface area contributed by atoms with Gasteiger partial charge in [-0.1, -0.05) is 13.3 Å². The van der Waals surface area contributed by atoms with Crippen LogP contribution in [0.1, 0.15) is 30.1 Å². The van der Waals surface area contributed by atoms with Crippen LogP contribution in [0.25, 0.3) is 10.6 Å². The third kappa shape index (κ3) is 4.67. The number of nitrogens with zero attached hydrogens (tertiary/aromatic N) is 1. The number of nitrogens with one attached hydrogen (secondary N) is 1. The van der Waals surface area contributed by atoms with Crippen molar-refractivity contribution < 1.29 is 9.53 Å². The molecule has 0 aliphatic heterocycles. The third-order valence-corrected chi connectivity index (χ3v) is 4.53. The van der Waals surface area contributed by atoms with Crippen molar-refractivity contribution in [2.75, 3.05) is 11.9 Å². The van der Waals surface area contributed by atoms with E-state index in [9.17, 15) is 4.79 Å². The van der Waals surface area contributed by atoms with Crippen LogP contribution >= 0.6 is 11.3 Å². The van der Waals surface area contributed by atoms with Crippen molar-refractivity contribution in [1.82, 2.24) is 4.98 Å². The summed E-state index contributed by atoms with van der Waals surface area (Å²) in [5, 5.41) is 5.82. The average Bonchev–Trinajstić information content (AvgIpc) is 3.18. The molecule has 0 unspecified atom stereocenters. The van der Waals surface area contributed by atoms with E-state index in [4.69, 9.17) is 4.74 Å².